The molecule has 0 bridgehead atoms. The summed E-state index contributed by atoms with van der Waals surface area (Å²) in [6, 6.07) is 3.84. The van der Waals surface area contributed by atoms with Crippen molar-refractivity contribution in [1.82, 2.24) is 10.2 Å². The number of nitriles is 2. The normalized spacial score (nSPS) is 18.9. The number of terminal acetylenes is 2. The van der Waals surface area contributed by atoms with Gasteiger partial charge in [-0.05, 0) is 0 Å². The fourth-order valence-corrected chi connectivity index (χ4v) is 2.46. The number of amidine groups is 3. The van der Waals surface area contributed by atoms with Crippen LogP contribution in [0.2, 0.25) is 0 Å². The first-order chi connectivity index (χ1) is 15.6. The molecule has 32 heavy (non-hydrogen) atoms. The lowest BCUT2D eigenvalue weighted by Crippen LogP contribution is -2.03. The first-order valence-corrected chi connectivity index (χ1v) is 8.38. The van der Waals surface area contributed by atoms with Gasteiger partial charge in [-0.1, -0.05) is 11.8 Å². The van der Waals surface area contributed by atoms with Gasteiger partial charge >= 0.3 is 0 Å². The summed E-state index contributed by atoms with van der Waals surface area (Å²) in [6.45, 7) is 0. The Bertz CT molecular complexity index is 1490. The van der Waals surface area contributed by atoms with E-state index in [1.807, 2.05) is 12.1 Å². The summed E-state index contributed by atoms with van der Waals surface area (Å²) in [4.78, 5) is 8.24. The van der Waals surface area contributed by atoms with E-state index in [-0.39, 0.29) is 63.1 Å². The molecule has 14 heteroatoms. The molecular weight excluding hydrogens is 412 g/mol. The highest BCUT2D eigenvalue weighted by molar-refractivity contribution is 6.08. The van der Waals surface area contributed by atoms with Crippen molar-refractivity contribution < 1.29 is 0 Å². The van der Waals surface area contributed by atoms with E-state index in [4.69, 9.17) is 23.5 Å². The minimum atomic E-state index is -0.202. The molecule has 3 aliphatic rings. The van der Waals surface area contributed by atoms with Crippen LogP contribution < -0.4 is 5.32 Å². The molecular formula is C18H6N14. The predicted molar refractivity (Wildman–Crippen MR) is 109 cm³/mol. The number of aliphatic imine (C=N–C) groups is 2. The molecule has 3 aliphatic heterocycles. The van der Waals surface area contributed by atoms with Crippen molar-refractivity contribution in [1.29, 1.82) is 15.9 Å². The van der Waals surface area contributed by atoms with Crippen LogP contribution >= 0.6 is 0 Å². The Kier molecular flexibility index (Phi) is 4.79. The predicted octanol–water partition coefficient (Wildman–Crippen LogP) is 2.59. The average molecular weight is 418 g/mol. The van der Waals surface area contributed by atoms with Crippen molar-refractivity contribution in [3.05, 3.63) is 40.1 Å². The van der Waals surface area contributed by atoms with E-state index < -0.39 is 0 Å². The van der Waals surface area contributed by atoms with Crippen LogP contribution in [0.15, 0.2) is 75.2 Å². The maximum absolute atomic E-state index is 9.55. The molecule has 0 atom stereocenters. The molecule has 4 heterocycles. The number of hydrogen-bond acceptors (Lipinski definition) is 10. The van der Waals surface area contributed by atoms with Gasteiger partial charge < -0.3 is 5.32 Å². The molecule has 0 saturated carbocycles. The molecule has 0 fully saturated rings. The average Bonchev–Trinajstić information content (AvgIpc) is 3.57. The second-order valence-corrected chi connectivity index (χ2v) is 5.73. The summed E-state index contributed by atoms with van der Waals surface area (Å²) < 4.78 is 0. The number of azo groups is 3. The lowest BCUT2D eigenvalue weighted by molar-refractivity contribution is 1.07. The van der Waals surface area contributed by atoms with Gasteiger partial charge in [0.1, 0.15) is 34.4 Å². The molecule has 0 saturated heterocycles. The summed E-state index contributed by atoms with van der Waals surface area (Å²) >= 11 is 0. The van der Waals surface area contributed by atoms with Gasteiger partial charge in [0.25, 0.3) is 0 Å². The summed E-state index contributed by atoms with van der Waals surface area (Å²) in [5.41, 5.74) is 0.375. The van der Waals surface area contributed by atoms with Crippen LogP contribution in [0.1, 0.15) is 5.56 Å². The monoisotopic (exact) mass is 418 g/mol. The minimum Gasteiger partial charge on any atom is -0.320 e. The standard InChI is InChI=1S/C18H6N14/c1-3-9-12(21)26-28-14(9)24-15-10(4-2)16(30-29-15)25-18-11(6-20)17(31-32-18)23-13-8(5-19)7-22-27-13/h1-2,7,21H,(H2,25,31,32). The van der Waals surface area contributed by atoms with Gasteiger partial charge in [0, 0.05) is 0 Å². The molecule has 1 aromatic rings. The Labute approximate surface area is 178 Å². The molecule has 1 aromatic heterocycles. The van der Waals surface area contributed by atoms with Crippen molar-refractivity contribution in [3.8, 4) is 36.8 Å². The quantitative estimate of drug-likeness (QED) is 0.629. The third kappa shape index (κ3) is 3.24. The van der Waals surface area contributed by atoms with E-state index in [0.717, 1.165) is 0 Å². The number of nitrogens with zero attached hydrogens (tertiary/aromatic N) is 11. The topological polar surface area (TPSA) is 211 Å². The van der Waals surface area contributed by atoms with Gasteiger partial charge in [-0.2, -0.15) is 20.7 Å². The van der Waals surface area contributed by atoms with E-state index in [1.54, 1.807) is 0 Å². The molecule has 148 valence electrons. The van der Waals surface area contributed by atoms with Crippen LogP contribution in [0.25, 0.3) is 0 Å². The Morgan fingerprint density at radius 3 is 2.50 bits per heavy atom. The zero-order valence-electron chi connectivity index (χ0n) is 15.7. The molecule has 3 N–H and O–H groups in total. The second kappa shape index (κ2) is 7.87. The van der Waals surface area contributed by atoms with Gasteiger partial charge in [-0.15, -0.1) is 38.4 Å². The number of nitrogens with one attached hydrogen (secondary N) is 3. The lowest BCUT2D eigenvalue weighted by Gasteiger charge is -2.01. The lowest BCUT2D eigenvalue weighted by atomic mass is 10.2. The van der Waals surface area contributed by atoms with E-state index in [0.29, 0.717) is 0 Å². The third-order valence-corrected chi connectivity index (χ3v) is 3.92. The van der Waals surface area contributed by atoms with E-state index in [2.05, 4.69) is 68.0 Å². The number of aromatic nitrogens is 2. The van der Waals surface area contributed by atoms with E-state index in [1.165, 1.54) is 6.20 Å². The molecule has 14 nitrogen and oxygen atoms in total. The van der Waals surface area contributed by atoms with Crippen molar-refractivity contribution in [2.75, 3.05) is 5.32 Å². The number of aromatic amines is 1. The number of anilines is 1. The van der Waals surface area contributed by atoms with Gasteiger partial charge in [-0.3, -0.25) is 10.5 Å². The summed E-state index contributed by atoms with van der Waals surface area (Å²) in [6.07, 6.45) is 12.2. The highest BCUT2D eigenvalue weighted by atomic mass is 15.3. The fraction of sp³-hybridized carbons (Fsp3) is 0. The maximum Gasteiger partial charge on any atom is 0.196 e. The van der Waals surface area contributed by atoms with Crippen molar-refractivity contribution in [2.24, 2.45) is 40.7 Å². The van der Waals surface area contributed by atoms with Gasteiger partial charge in [-0.25, -0.2) is 9.98 Å². The van der Waals surface area contributed by atoms with Crippen molar-refractivity contribution in [2.45, 2.75) is 0 Å². The molecule has 0 radical (unpaired) electrons. The van der Waals surface area contributed by atoms with Gasteiger partial charge in [0.15, 0.2) is 40.8 Å². The Hall–Kier alpha value is -5.86. The smallest absolute Gasteiger partial charge is 0.196 e. The van der Waals surface area contributed by atoms with Crippen molar-refractivity contribution in [3.63, 3.8) is 0 Å². The molecule has 0 aliphatic carbocycles. The van der Waals surface area contributed by atoms with Crippen LogP contribution in [0, 0.1) is 52.8 Å². The second-order valence-electron chi connectivity index (χ2n) is 5.73. The SMILES string of the molecule is C#CC1=C(N=C2N=NC(Nc3n[nH]c(N=C4N=NC=C4C#N)c3C#N)=C2C#C)N=NC1=N. The fourth-order valence-electron chi connectivity index (χ4n) is 2.46. The van der Waals surface area contributed by atoms with E-state index >= 15 is 0 Å². The molecule has 0 unspecified atom stereocenters. The van der Waals surface area contributed by atoms with Crippen molar-refractivity contribution >= 4 is 29.1 Å². The molecule has 0 amide bonds. The number of rotatable bonds is 4. The third-order valence-electron chi connectivity index (χ3n) is 3.92. The first kappa shape index (κ1) is 19.5. The van der Waals surface area contributed by atoms with Crippen LogP contribution in [0.4, 0.5) is 11.6 Å². The highest BCUT2D eigenvalue weighted by Crippen LogP contribution is 2.28. The Morgan fingerprint density at radius 1 is 0.969 bits per heavy atom. The maximum atomic E-state index is 9.55. The number of H-pyrrole nitrogens is 1. The van der Waals surface area contributed by atoms with Crippen LogP contribution in [0.3, 0.4) is 0 Å². The number of hydrogen-bond donors (Lipinski definition) is 3. The minimum absolute atomic E-state index is 0.00289. The largest absolute Gasteiger partial charge is 0.320 e. The van der Waals surface area contributed by atoms with Crippen LogP contribution in [-0.2, 0) is 0 Å². The zero-order chi connectivity index (χ0) is 22.7. The summed E-state index contributed by atoms with van der Waals surface area (Å²) in [7, 11) is 0. The van der Waals surface area contributed by atoms with Gasteiger partial charge in [0.05, 0.1) is 6.20 Å². The first-order valence-electron chi connectivity index (χ1n) is 8.38. The molecule has 0 spiro atoms. The zero-order valence-corrected chi connectivity index (χ0v) is 15.7. The Balaban J connectivity index is 1.67. The summed E-state index contributed by atoms with van der Waals surface area (Å²) in [5, 5.41) is 58.0. The Morgan fingerprint density at radius 2 is 1.78 bits per heavy atom. The van der Waals surface area contributed by atoms with E-state index in [9.17, 15) is 5.26 Å². The molecule has 0 aromatic carbocycles. The highest BCUT2D eigenvalue weighted by Gasteiger charge is 2.24. The summed E-state index contributed by atoms with van der Waals surface area (Å²) in [5.74, 6) is 4.71. The van der Waals surface area contributed by atoms with Crippen LogP contribution in [-0.4, -0.2) is 27.7 Å². The van der Waals surface area contributed by atoms with Gasteiger partial charge in [0.2, 0.25) is 0 Å². The van der Waals surface area contributed by atoms with Crippen LogP contribution in [0.5, 0.6) is 0 Å². The molecule has 4 rings (SSSR count).